The summed E-state index contributed by atoms with van der Waals surface area (Å²) in [5.74, 6) is -0.435. The number of ether oxygens (including phenoxy) is 1. The largest absolute Gasteiger partial charge is 0.464 e. The molecule has 1 aromatic carbocycles. The summed E-state index contributed by atoms with van der Waals surface area (Å²) in [6.07, 6.45) is 1.37. The third-order valence-corrected chi connectivity index (χ3v) is 3.20. The molecule has 102 valence electrons. The van der Waals surface area contributed by atoms with Gasteiger partial charge in [-0.05, 0) is 31.5 Å². The summed E-state index contributed by atoms with van der Waals surface area (Å²) in [7, 11) is 0. The van der Waals surface area contributed by atoms with E-state index in [0.29, 0.717) is 28.8 Å². The molecule has 3 rings (SSSR count). The number of nitrogens with one attached hydrogen (secondary N) is 1. The lowest BCUT2D eigenvalue weighted by atomic mass is 10.1. The third kappa shape index (κ3) is 1.79. The van der Waals surface area contributed by atoms with Gasteiger partial charge in [0.25, 0.3) is 0 Å². The normalized spacial score (nSPS) is 11.1. The van der Waals surface area contributed by atoms with Crippen LogP contribution in [0.3, 0.4) is 0 Å². The Balaban J connectivity index is 2.37. The molecule has 0 unspecified atom stereocenters. The van der Waals surface area contributed by atoms with Gasteiger partial charge in [-0.25, -0.2) is 4.79 Å². The Morgan fingerprint density at radius 1 is 1.40 bits per heavy atom. The average molecular weight is 271 g/mol. The van der Waals surface area contributed by atoms with E-state index in [9.17, 15) is 9.59 Å². The van der Waals surface area contributed by atoms with Gasteiger partial charge in [0.05, 0.1) is 23.8 Å². The van der Waals surface area contributed by atoms with E-state index in [4.69, 9.17) is 9.15 Å². The van der Waals surface area contributed by atoms with Crippen LogP contribution in [0.5, 0.6) is 0 Å². The second kappa shape index (κ2) is 4.52. The van der Waals surface area contributed by atoms with Crippen LogP contribution in [-0.2, 0) is 4.74 Å². The number of carbonyl (C=O) groups is 1. The number of aromatic nitrogens is 1. The van der Waals surface area contributed by atoms with E-state index >= 15 is 0 Å². The highest BCUT2D eigenvalue weighted by Crippen LogP contribution is 2.26. The molecule has 0 aliphatic heterocycles. The first kappa shape index (κ1) is 12.5. The van der Waals surface area contributed by atoms with Gasteiger partial charge in [-0.3, -0.25) is 4.79 Å². The Hall–Kier alpha value is -2.56. The van der Waals surface area contributed by atoms with Crippen LogP contribution >= 0.6 is 0 Å². The zero-order valence-corrected chi connectivity index (χ0v) is 11.1. The summed E-state index contributed by atoms with van der Waals surface area (Å²) in [4.78, 5) is 26.8. The van der Waals surface area contributed by atoms with Crippen LogP contribution in [-0.4, -0.2) is 17.6 Å². The molecule has 5 heteroatoms. The van der Waals surface area contributed by atoms with Crippen molar-refractivity contribution in [2.24, 2.45) is 0 Å². The molecule has 1 N–H and O–H groups in total. The lowest BCUT2D eigenvalue weighted by Crippen LogP contribution is -2.04. The number of H-pyrrole nitrogens is 1. The Kier molecular flexibility index (Phi) is 2.82. The van der Waals surface area contributed by atoms with Crippen molar-refractivity contribution in [2.75, 3.05) is 6.61 Å². The van der Waals surface area contributed by atoms with Gasteiger partial charge in [0.15, 0.2) is 5.43 Å². The maximum Gasteiger partial charge on any atom is 0.354 e. The van der Waals surface area contributed by atoms with Gasteiger partial charge in [-0.1, -0.05) is 0 Å². The van der Waals surface area contributed by atoms with Crippen LogP contribution in [0.15, 0.2) is 33.7 Å². The lowest BCUT2D eigenvalue weighted by Gasteiger charge is -2.01. The summed E-state index contributed by atoms with van der Waals surface area (Å²) in [5, 5.41) is 1.25. The minimum atomic E-state index is -0.435. The van der Waals surface area contributed by atoms with Crippen molar-refractivity contribution in [3.05, 3.63) is 45.9 Å². The molecule has 2 heterocycles. The highest BCUT2D eigenvalue weighted by Gasteiger charge is 2.15. The van der Waals surface area contributed by atoms with E-state index < -0.39 is 5.97 Å². The molecule has 0 bridgehead atoms. The Morgan fingerprint density at radius 3 is 2.95 bits per heavy atom. The van der Waals surface area contributed by atoms with Crippen molar-refractivity contribution < 1.29 is 13.9 Å². The van der Waals surface area contributed by atoms with E-state index in [0.717, 1.165) is 10.9 Å². The molecule has 0 aliphatic carbocycles. The molecule has 5 nitrogen and oxygen atoms in total. The summed E-state index contributed by atoms with van der Waals surface area (Å²) in [6, 6.07) is 4.93. The molecule has 0 fully saturated rings. The maximum atomic E-state index is 12.1. The van der Waals surface area contributed by atoms with E-state index in [2.05, 4.69) is 4.98 Å². The minimum absolute atomic E-state index is 0.141. The van der Waals surface area contributed by atoms with Crippen LogP contribution in [0.4, 0.5) is 0 Å². The van der Waals surface area contributed by atoms with Crippen molar-refractivity contribution in [1.82, 2.24) is 4.98 Å². The zero-order chi connectivity index (χ0) is 14.3. The first-order chi connectivity index (χ1) is 9.61. The first-order valence-corrected chi connectivity index (χ1v) is 6.32. The van der Waals surface area contributed by atoms with E-state index in [1.165, 1.54) is 12.3 Å². The van der Waals surface area contributed by atoms with Gasteiger partial charge in [0.2, 0.25) is 0 Å². The number of fused-ring (bicyclic) bond motifs is 3. The number of carbonyl (C=O) groups excluding carboxylic acids is 1. The monoisotopic (exact) mass is 271 g/mol. The molecule has 20 heavy (non-hydrogen) atoms. The average Bonchev–Trinajstić information content (AvgIpc) is 2.83. The SMILES string of the molecule is CCOC(=O)c1cc2cc(C)c3occc(=O)c3c2[nH]1. The van der Waals surface area contributed by atoms with Crippen molar-refractivity contribution >= 4 is 27.8 Å². The van der Waals surface area contributed by atoms with Crippen LogP contribution in [0.25, 0.3) is 21.9 Å². The van der Waals surface area contributed by atoms with Gasteiger partial charge in [-0.15, -0.1) is 0 Å². The number of hydrogen-bond acceptors (Lipinski definition) is 4. The number of hydrogen-bond donors (Lipinski definition) is 1. The fourth-order valence-electron chi connectivity index (χ4n) is 2.35. The fraction of sp³-hybridized carbons (Fsp3) is 0.200. The van der Waals surface area contributed by atoms with E-state index in [1.54, 1.807) is 13.0 Å². The molecule has 0 atom stereocenters. The summed E-state index contributed by atoms with van der Waals surface area (Å²) < 4.78 is 10.4. The van der Waals surface area contributed by atoms with Crippen LogP contribution in [0.2, 0.25) is 0 Å². The van der Waals surface area contributed by atoms with Gasteiger partial charge in [-0.2, -0.15) is 0 Å². The molecule has 2 aromatic heterocycles. The molecular formula is C15H13NO4. The Labute approximate surface area is 114 Å². The van der Waals surface area contributed by atoms with Gasteiger partial charge in [0, 0.05) is 11.5 Å². The van der Waals surface area contributed by atoms with Crippen molar-refractivity contribution in [2.45, 2.75) is 13.8 Å². The summed E-state index contributed by atoms with van der Waals surface area (Å²) in [5.41, 5.74) is 2.17. The predicted octanol–water partition coefficient (Wildman–Crippen LogP) is 2.76. The number of benzene rings is 1. The van der Waals surface area contributed by atoms with Gasteiger partial charge in [0.1, 0.15) is 11.3 Å². The fourth-order valence-corrected chi connectivity index (χ4v) is 2.35. The Morgan fingerprint density at radius 2 is 2.20 bits per heavy atom. The third-order valence-electron chi connectivity index (χ3n) is 3.20. The number of aryl methyl sites for hydroxylation is 1. The lowest BCUT2D eigenvalue weighted by molar-refractivity contribution is 0.0520. The smallest absolute Gasteiger partial charge is 0.354 e. The molecule has 3 aromatic rings. The molecule has 0 spiro atoms. The second-order valence-electron chi connectivity index (χ2n) is 4.55. The molecular weight excluding hydrogens is 258 g/mol. The topological polar surface area (TPSA) is 72.3 Å². The molecule has 0 radical (unpaired) electrons. The zero-order valence-electron chi connectivity index (χ0n) is 11.1. The second-order valence-corrected chi connectivity index (χ2v) is 4.55. The number of rotatable bonds is 2. The number of aromatic amines is 1. The summed E-state index contributed by atoms with van der Waals surface area (Å²) in [6.45, 7) is 3.91. The molecule has 0 amide bonds. The van der Waals surface area contributed by atoms with Crippen molar-refractivity contribution in [3.8, 4) is 0 Å². The van der Waals surface area contributed by atoms with E-state index in [1.807, 2.05) is 13.0 Å². The van der Waals surface area contributed by atoms with E-state index in [-0.39, 0.29) is 5.43 Å². The minimum Gasteiger partial charge on any atom is -0.464 e. The molecule has 0 saturated heterocycles. The van der Waals surface area contributed by atoms with Gasteiger partial charge < -0.3 is 14.1 Å². The molecule has 0 aliphatic rings. The maximum absolute atomic E-state index is 12.1. The van der Waals surface area contributed by atoms with Crippen LogP contribution in [0, 0.1) is 6.92 Å². The van der Waals surface area contributed by atoms with Crippen LogP contribution in [0.1, 0.15) is 23.0 Å². The quantitative estimate of drug-likeness (QED) is 0.727. The van der Waals surface area contributed by atoms with Crippen molar-refractivity contribution in [1.29, 1.82) is 0 Å². The highest BCUT2D eigenvalue weighted by atomic mass is 16.5. The standard InChI is InChI=1S/C15H13NO4/c1-3-19-15(18)10-7-9-6-8(2)14-12(13(9)16-10)11(17)4-5-20-14/h4-7,16H,3H2,1-2H3. The summed E-state index contributed by atoms with van der Waals surface area (Å²) >= 11 is 0. The first-order valence-electron chi connectivity index (χ1n) is 6.32. The number of esters is 1. The Bertz CT molecular complexity index is 873. The molecule has 0 saturated carbocycles. The van der Waals surface area contributed by atoms with Gasteiger partial charge >= 0.3 is 5.97 Å². The van der Waals surface area contributed by atoms with Crippen molar-refractivity contribution in [3.63, 3.8) is 0 Å². The van der Waals surface area contributed by atoms with Crippen LogP contribution < -0.4 is 5.43 Å². The highest BCUT2D eigenvalue weighted by molar-refractivity contribution is 6.07. The predicted molar refractivity (Wildman–Crippen MR) is 75.0 cm³/mol.